The molecule has 0 radical (unpaired) electrons. The second kappa shape index (κ2) is 5.07. The molecule has 0 bridgehead atoms. The Morgan fingerprint density at radius 1 is 1.50 bits per heavy atom. The molecule has 1 aromatic rings. The predicted octanol–water partition coefficient (Wildman–Crippen LogP) is 3.16. The van der Waals surface area contributed by atoms with Crippen LogP contribution in [0.15, 0.2) is 18.2 Å². The molecule has 2 rings (SSSR count). The molecular weight excluding hydrogens is 341 g/mol. The molecule has 1 aliphatic carbocycles. The first-order valence-corrected chi connectivity index (χ1v) is 7.29. The quantitative estimate of drug-likeness (QED) is 0.812. The Hall–Kier alpha value is -0.780. The number of benzene rings is 1. The van der Waals surface area contributed by atoms with Crippen LogP contribution in [0.3, 0.4) is 0 Å². The third kappa shape index (κ3) is 2.79. The fourth-order valence-corrected chi connectivity index (χ4v) is 2.47. The maximum atomic E-state index is 12.0. The molecule has 98 valence electrons. The summed E-state index contributed by atoms with van der Waals surface area (Å²) >= 11 is 2.04. The monoisotopic (exact) mass is 359 g/mol. The van der Waals surface area contributed by atoms with Crippen LogP contribution in [0, 0.1) is 14.9 Å². The fraction of sp³-hybridized carbons (Fsp3) is 0.500. The number of hydrogen-bond donors (Lipinski definition) is 2. The third-order valence-corrected chi connectivity index (χ3v) is 4.84. The maximum Gasteiger partial charge on any atom is 0.251 e. The highest BCUT2D eigenvalue weighted by atomic mass is 127. The molecule has 3 nitrogen and oxygen atoms in total. The lowest BCUT2D eigenvalue weighted by Crippen LogP contribution is -2.32. The molecule has 0 saturated heterocycles. The SMILES string of the molecule is CC(C)C1(CNC(=O)c2ccc(I)c(O)c2)CC1. The lowest BCUT2D eigenvalue weighted by Gasteiger charge is -2.20. The Morgan fingerprint density at radius 2 is 2.17 bits per heavy atom. The molecule has 1 aromatic carbocycles. The Kier molecular flexibility index (Phi) is 3.84. The van der Waals surface area contributed by atoms with Crippen LogP contribution in [-0.2, 0) is 0 Å². The number of amides is 1. The summed E-state index contributed by atoms with van der Waals surface area (Å²) in [6.07, 6.45) is 2.39. The number of carbonyl (C=O) groups is 1. The highest BCUT2D eigenvalue weighted by Gasteiger charge is 2.45. The lowest BCUT2D eigenvalue weighted by molar-refractivity contribution is 0.0939. The molecule has 1 amide bonds. The number of hydrogen-bond acceptors (Lipinski definition) is 2. The van der Waals surface area contributed by atoms with Gasteiger partial charge in [-0.05, 0) is 65.0 Å². The number of rotatable bonds is 4. The zero-order chi connectivity index (χ0) is 13.3. The molecule has 1 saturated carbocycles. The minimum Gasteiger partial charge on any atom is -0.507 e. The topological polar surface area (TPSA) is 49.3 Å². The first-order chi connectivity index (χ1) is 8.44. The van der Waals surface area contributed by atoms with Gasteiger partial charge in [0.15, 0.2) is 0 Å². The van der Waals surface area contributed by atoms with Crippen molar-refractivity contribution in [2.45, 2.75) is 26.7 Å². The number of phenols is 1. The van der Waals surface area contributed by atoms with E-state index < -0.39 is 0 Å². The highest BCUT2D eigenvalue weighted by Crippen LogP contribution is 2.51. The lowest BCUT2D eigenvalue weighted by atomic mass is 9.92. The van der Waals surface area contributed by atoms with E-state index in [1.807, 2.05) is 22.6 Å². The van der Waals surface area contributed by atoms with Crippen molar-refractivity contribution in [2.24, 2.45) is 11.3 Å². The molecule has 0 aromatic heterocycles. The molecular formula is C14H18INO2. The van der Waals surface area contributed by atoms with Crippen molar-refractivity contribution >= 4 is 28.5 Å². The molecule has 0 spiro atoms. The summed E-state index contributed by atoms with van der Waals surface area (Å²) in [5, 5.41) is 12.6. The molecule has 2 N–H and O–H groups in total. The highest BCUT2D eigenvalue weighted by molar-refractivity contribution is 14.1. The summed E-state index contributed by atoms with van der Waals surface area (Å²) in [6.45, 7) is 5.14. The second-order valence-electron chi connectivity index (χ2n) is 5.37. The summed E-state index contributed by atoms with van der Waals surface area (Å²) in [6, 6.07) is 5.01. The van der Waals surface area contributed by atoms with Gasteiger partial charge >= 0.3 is 0 Å². The van der Waals surface area contributed by atoms with Gasteiger partial charge in [-0.3, -0.25) is 4.79 Å². The zero-order valence-electron chi connectivity index (χ0n) is 10.7. The van der Waals surface area contributed by atoms with E-state index in [1.165, 1.54) is 18.9 Å². The Balaban J connectivity index is 1.98. The average Bonchev–Trinajstić information content (AvgIpc) is 3.11. The van der Waals surface area contributed by atoms with Crippen LogP contribution in [0.2, 0.25) is 0 Å². The van der Waals surface area contributed by atoms with E-state index in [1.54, 1.807) is 12.1 Å². The van der Waals surface area contributed by atoms with Crippen LogP contribution >= 0.6 is 22.6 Å². The molecule has 18 heavy (non-hydrogen) atoms. The zero-order valence-corrected chi connectivity index (χ0v) is 12.8. The first kappa shape index (κ1) is 13.6. The smallest absolute Gasteiger partial charge is 0.251 e. The van der Waals surface area contributed by atoms with Crippen molar-refractivity contribution in [3.8, 4) is 5.75 Å². The van der Waals surface area contributed by atoms with Gasteiger partial charge in [0.25, 0.3) is 5.91 Å². The van der Waals surface area contributed by atoms with Crippen LogP contribution in [0.4, 0.5) is 0 Å². The molecule has 1 fully saturated rings. The summed E-state index contributed by atoms with van der Waals surface area (Å²) in [4.78, 5) is 12.0. The van der Waals surface area contributed by atoms with E-state index in [2.05, 4.69) is 19.2 Å². The van der Waals surface area contributed by atoms with Gasteiger partial charge in [0.1, 0.15) is 5.75 Å². The molecule has 4 heteroatoms. The van der Waals surface area contributed by atoms with Crippen molar-refractivity contribution < 1.29 is 9.90 Å². The Bertz CT molecular complexity index is 467. The normalized spacial score (nSPS) is 16.7. The van der Waals surface area contributed by atoms with Gasteiger partial charge in [-0.25, -0.2) is 0 Å². The number of halogens is 1. The molecule has 0 atom stereocenters. The average molecular weight is 359 g/mol. The summed E-state index contributed by atoms with van der Waals surface area (Å²) in [5.41, 5.74) is 0.827. The third-order valence-electron chi connectivity index (χ3n) is 3.93. The summed E-state index contributed by atoms with van der Waals surface area (Å²) < 4.78 is 0.755. The van der Waals surface area contributed by atoms with Crippen LogP contribution in [0.25, 0.3) is 0 Å². The van der Waals surface area contributed by atoms with E-state index in [-0.39, 0.29) is 11.7 Å². The van der Waals surface area contributed by atoms with Crippen LogP contribution < -0.4 is 5.32 Å². The van der Waals surface area contributed by atoms with E-state index in [0.717, 1.165) is 10.1 Å². The minimum atomic E-state index is -0.103. The van der Waals surface area contributed by atoms with Crippen LogP contribution in [0.5, 0.6) is 5.75 Å². The molecule has 1 aliphatic rings. The fourth-order valence-electron chi connectivity index (χ4n) is 2.13. The van der Waals surface area contributed by atoms with Crippen molar-refractivity contribution in [3.63, 3.8) is 0 Å². The van der Waals surface area contributed by atoms with Gasteiger partial charge in [-0.15, -0.1) is 0 Å². The van der Waals surface area contributed by atoms with E-state index in [9.17, 15) is 9.90 Å². The van der Waals surface area contributed by atoms with Crippen molar-refractivity contribution in [1.29, 1.82) is 0 Å². The Morgan fingerprint density at radius 3 is 2.67 bits per heavy atom. The summed E-state index contributed by atoms with van der Waals surface area (Å²) in [7, 11) is 0. The first-order valence-electron chi connectivity index (χ1n) is 6.21. The van der Waals surface area contributed by atoms with Gasteiger partial charge in [-0.1, -0.05) is 13.8 Å². The largest absolute Gasteiger partial charge is 0.507 e. The van der Waals surface area contributed by atoms with E-state index in [0.29, 0.717) is 16.9 Å². The number of nitrogens with one attached hydrogen (secondary N) is 1. The van der Waals surface area contributed by atoms with Gasteiger partial charge in [0, 0.05) is 12.1 Å². The van der Waals surface area contributed by atoms with Gasteiger partial charge in [0.05, 0.1) is 3.57 Å². The van der Waals surface area contributed by atoms with Crippen LogP contribution in [0.1, 0.15) is 37.0 Å². The summed E-state index contributed by atoms with van der Waals surface area (Å²) in [5.74, 6) is 0.657. The second-order valence-corrected chi connectivity index (χ2v) is 6.53. The van der Waals surface area contributed by atoms with Crippen LogP contribution in [-0.4, -0.2) is 17.6 Å². The maximum absolute atomic E-state index is 12.0. The van der Waals surface area contributed by atoms with Crippen molar-refractivity contribution in [2.75, 3.05) is 6.54 Å². The standard InChI is InChI=1S/C14H18INO2/c1-9(2)14(5-6-14)8-16-13(18)10-3-4-11(15)12(17)7-10/h3-4,7,9,17H,5-6,8H2,1-2H3,(H,16,18). The number of carbonyl (C=O) groups excluding carboxylic acids is 1. The predicted molar refractivity (Wildman–Crippen MR) is 79.7 cm³/mol. The van der Waals surface area contributed by atoms with Gasteiger partial charge < -0.3 is 10.4 Å². The number of phenolic OH excluding ortho intramolecular Hbond substituents is 1. The van der Waals surface area contributed by atoms with Crippen molar-refractivity contribution in [1.82, 2.24) is 5.32 Å². The van der Waals surface area contributed by atoms with Gasteiger partial charge in [-0.2, -0.15) is 0 Å². The molecule has 0 unspecified atom stereocenters. The van der Waals surface area contributed by atoms with Crippen molar-refractivity contribution in [3.05, 3.63) is 27.3 Å². The van der Waals surface area contributed by atoms with E-state index in [4.69, 9.17) is 0 Å². The molecule has 0 heterocycles. The van der Waals surface area contributed by atoms with E-state index >= 15 is 0 Å². The number of aromatic hydroxyl groups is 1. The molecule has 0 aliphatic heterocycles. The van der Waals surface area contributed by atoms with Gasteiger partial charge in [0.2, 0.25) is 0 Å². The Labute approximate surface area is 121 Å². The minimum absolute atomic E-state index is 0.103.